The Hall–Kier alpha value is -1.80. The maximum Gasteiger partial charge on any atom is 0.240 e. The molecule has 0 radical (unpaired) electrons. The second-order valence-corrected chi connectivity index (χ2v) is 7.49. The van der Waals surface area contributed by atoms with E-state index in [1.165, 1.54) is 11.3 Å². The monoisotopic (exact) mass is 348 g/mol. The Kier molecular flexibility index (Phi) is 5.57. The highest BCUT2D eigenvalue weighted by Gasteiger charge is 2.22. The molecule has 1 N–H and O–H groups in total. The Balaban J connectivity index is 1.50. The average molecular weight is 348 g/mol. The van der Waals surface area contributed by atoms with Gasteiger partial charge in [0.25, 0.3) is 0 Å². The Morgan fingerprint density at radius 3 is 3.08 bits per heavy atom. The van der Waals surface area contributed by atoms with Gasteiger partial charge in [0, 0.05) is 18.0 Å². The standard InChI is InChI=1S/C16H24N6OS/c1-3-14-12(2)24-16(19-14)20-15(23)9-21-6-4-5-13(7-21)8-22-11-17-10-18-22/h10-11,13H,3-9H2,1-2H3,(H,19,20,23)/t13-/m0/s1. The van der Waals surface area contributed by atoms with E-state index in [0.29, 0.717) is 17.6 Å². The molecular formula is C16H24N6OS. The van der Waals surface area contributed by atoms with Crippen LogP contribution in [-0.2, 0) is 17.8 Å². The van der Waals surface area contributed by atoms with Gasteiger partial charge in [0.15, 0.2) is 5.13 Å². The lowest BCUT2D eigenvalue weighted by Crippen LogP contribution is -2.41. The van der Waals surface area contributed by atoms with Crippen molar-refractivity contribution in [3.05, 3.63) is 23.2 Å². The molecule has 24 heavy (non-hydrogen) atoms. The fourth-order valence-corrected chi connectivity index (χ4v) is 4.13. The van der Waals surface area contributed by atoms with E-state index in [0.717, 1.165) is 38.2 Å². The van der Waals surface area contributed by atoms with Gasteiger partial charge in [-0.3, -0.25) is 14.4 Å². The number of hydrogen-bond donors (Lipinski definition) is 1. The number of aryl methyl sites for hydroxylation is 2. The second kappa shape index (κ2) is 7.85. The van der Waals surface area contributed by atoms with Crippen LogP contribution in [0.4, 0.5) is 5.13 Å². The summed E-state index contributed by atoms with van der Waals surface area (Å²) in [5.41, 5.74) is 1.07. The van der Waals surface area contributed by atoms with Crippen LogP contribution in [0.2, 0.25) is 0 Å². The van der Waals surface area contributed by atoms with E-state index in [4.69, 9.17) is 0 Å². The Bertz CT molecular complexity index is 668. The number of nitrogens with zero attached hydrogens (tertiary/aromatic N) is 5. The molecule has 3 heterocycles. The molecule has 1 amide bonds. The minimum Gasteiger partial charge on any atom is -0.301 e. The van der Waals surface area contributed by atoms with Gasteiger partial charge in [-0.2, -0.15) is 5.10 Å². The first-order chi connectivity index (χ1) is 11.6. The number of carbonyl (C=O) groups excluding carboxylic acids is 1. The third-order valence-corrected chi connectivity index (χ3v) is 5.28. The molecule has 0 bridgehead atoms. The summed E-state index contributed by atoms with van der Waals surface area (Å²) in [5.74, 6) is 0.537. The van der Waals surface area contributed by atoms with E-state index in [9.17, 15) is 4.79 Å². The molecule has 0 spiro atoms. The van der Waals surface area contributed by atoms with Crippen molar-refractivity contribution in [2.75, 3.05) is 25.0 Å². The first-order valence-corrected chi connectivity index (χ1v) is 9.26. The van der Waals surface area contributed by atoms with E-state index in [-0.39, 0.29) is 5.91 Å². The number of nitrogens with one attached hydrogen (secondary N) is 1. The number of piperidine rings is 1. The summed E-state index contributed by atoms with van der Waals surface area (Å²) in [4.78, 5) is 24.2. The van der Waals surface area contributed by atoms with Gasteiger partial charge in [0.2, 0.25) is 5.91 Å². The van der Waals surface area contributed by atoms with Gasteiger partial charge in [0.1, 0.15) is 12.7 Å². The summed E-state index contributed by atoms with van der Waals surface area (Å²) in [7, 11) is 0. The Labute approximate surface area is 146 Å². The van der Waals surface area contributed by atoms with Crippen LogP contribution in [0.25, 0.3) is 0 Å². The lowest BCUT2D eigenvalue weighted by molar-refractivity contribution is -0.117. The number of amides is 1. The quantitative estimate of drug-likeness (QED) is 0.863. The smallest absolute Gasteiger partial charge is 0.240 e. The molecule has 2 aromatic rings. The van der Waals surface area contributed by atoms with Crippen LogP contribution in [0.5, 0.6) is 0 Å². The molecule has 1 atom stereocenters. The van der Waals surface area contributed by atoms with Crippen molar-refractivity contribution in [3.63, 3.8) is 0 Å². The van der Waals surface area contributed by atoms with Gasteiger partial charge in [-0.25, -0.2) is 9.97 Å². The molecule has 1 fully saturated rings. The molecule has 1 aliphatic rings. The molecule has 1 aliphatic heterocycles. The average Bonchev–Trinajstić information content (AvgIpc) is 3.17. The second-order valence-electron chi connectivity index (χ2n) is 6.28. The first kappa shape index (κ1) is 17.0. The molecule has 3 rings (SSSR count). The number of thiazole rings is 1. The fraction of sp³-hybridized carbons (Fsp3) is 0.625. The minimum absolute atomic E-state index is 0.0211. The van der Waals surface area contributed by atoms with Crippen molar-refractivity contribution in [1.82, 2.24) is 24.6 Å². The zero-order chi connectivity index (χ0) is 16.9. The summed E-state index contributed by atoms with van der Waals surface area (Å²) in [6.45, 7) is 7.31. The largest absolute Gasteiger partial charge is 0.301 e. The molecule has 0 aromatic carbocycles. The summed E-state index contributed by atoms with van der Waals surface area (Å²) in [5, 5.41) is 7.83. The van der Waals surface area contributed by atoms with Crippen LogP contribution < -0.4 is 5.32 Å². The van der Waals surface area contributed by atoms with Gasteiger partial charge in [-0.1, -0.05) is 6.92 Å². The van der Waals surface area contributed by atoms with Gasteiger partial charge >= 0.3 is 0 Å². The van der Waals surface area contributed by atoms with Crippen molar-refractivity contribution in [1.29, 1.82) is 0 Å². The van der Waals surface area contributed by atoms with Crippen LogP contribution in [0, 0.1) is 12.8 Å². The van der Waals surface area contributed by atoms with Crippen LogP contribution >= 0.6 is 11.3 Å². The summed E-state index contributed by atoms with van der Waals surface area (Å²) >= 11 is 1.55. The maximum atomic E-state index is 12.3. The number of carbonyl (C=O) groups is 1. The molecular weight excluding hydrogens is 324 g/mol. The summed E-state index contributed by atoms with van der Waals surface area (Å²) in [6.07, 6.45) is 6.50. The van der Waals surface area contributed by atoms with Crippen molar-refractivity contribution < 1.29 is 4.79 Å². The number of likely N-dealkylation sites (tertiary alicyclic amines) is 1. The molecule has 1 saturated heterocycles. The predicted molar refractivity (Wildman–Crippen MR) is 94.0 cm³/mol. The number of aromatic nitrogens is 4. The lowest BCUT2D eigenvalue weighted by atomic mass is 9.98. The Morgan fingerprint density at radius 1 is 1.50 bits per heavy atom. The number of hydrogen-bond acceptors (Lipinski definition) is 6. The number of anilines is 1. The van der Waals surface area contributed by atoms with E-state index in [1.54, 1.807) is 24.0 Å². The number of rotatable bonds is 6. The zero-order valence-corrected chi connectivity index (χ0v) is 15.1. The van der Waals surface area contributed by atoms with Gasteiger partial charge in [-0.15, -0.1) is 11.3 Å². The van der Waals surface area contributed by atoms with E-state index in [1.807, 2.05) is 11.6 Å². The fourth-order valence-electron chi connectivity index (χ4n) is 3.21. The summed E-state index contributed by atoms with van der Waals surface area (Å²) < 4.78 is 1.87. The molecule has 2 aromatic heterocycles. The lowest BCUT2D eigenvalue weighted by Gasteiger charge is -2.31. The van der Waals surface area contributed by atoms with Gasteiger partial charge in [-0.05, 0) is 38.6 Å². The van der Waals surface area contributed by atoms with E-state index >= 15 is 0 Å². The van der Waals surface area contributed by atoms with Gasteiger partial charge < -0.3 is 5.32 Å². The van der Waals surface area contributed by atoms with E-state index in [2.05, 4.69) is 32.2 Å². The molecule has 8 heteroatoms. The highest BCUT2D eigenvalue weighted by atomic mass is 32.1. The summed E-state index contributed by atoms with van der Waals surface area (Å²) in [6, 6.07) is 0. The molecule has 0 saturated carbocycles. The zero-order valence-electron chi connectivity index (χ0n) is 14.2. The normalized spacial score (nSPS) is 18.7. The highest BCUT2D eigenvalue weighted by Crippen LogP contribution is 2.22. The van der Waals surface area contributed by atoms with Gasteiger partial charge in [0.05, 0.1) is 12.2 Å². The first-order valence-electron chi connectivity index (χ1n) is 8.45. The van der Waals surface area contributed by atoms with Crippen LogP contribution in [0.1, 0.15) is 30.3 Å². The third-order valence-electron chi connectivity index (χ3n) is 4.36. The van der Waals surface area contributed by atoms with Crippen molar-refractivity contribution in [2.24, 2.45) is 5.92 Å². The SMILES string of the molecule is CCc1nc(NC(=O)CN2CCC[C@H](Cn3cncn3)C2)sc1C. The third kappa shape index (κ3) is 4.39. The molecule has 130 valence electrons. The van der Waals surface area contributed by atoms with Crippen LogP contribution in [0.3, 0.4) is 0 Å². The molecule has 0 unspecified atom stereocenters. The van der Waals surface area contributed by atoms with Crippen LogP contribution in [-0.4, -0.2) is 50.2 Å². The highest BCUT2D eigenvalue weighted by molar-refractivity contribution is 7.15. The Morgan fingerprint density at radius 2 is 2.38 bits per heavy atom. The van der Waals surface area contributed by atoms with Crippen molar-refractivity contribution in [3.8, 4) is 0 Å². The van der Waals surface area contributed by atoms with Crippen molar-refractivity contribution in [2.45, 2.75) is 39.7 Å². The van der Waals surface area contributed by atoms with E-state index < -0.39 is 0 Å². The maximum absolute atomic E-state index is 12.3. The minimum atomic E-state index is 0.0211. The predicted octanol–water partition coefficient (Wildman–Crippen LogP) is 1.96. The van der Waals surface area contributed by atoms with Crippen molar-refractivity contribution >= 4 is 22.4 Å². The molecule has 0 aliphatic carbocycles. The molecule has 7 nitrogen and oxygen atoms in total. The topological polar surface area (TPSA) is 75.9 Å². The van der Waals surface area contributed by atoms with Crippen LogP contribution in [0.15, 0.2) is 12.7 Å².